The first-order valence-corrected chi connectivity index (χ1v) is 7.13. The molecule has 2 rings (SSSR count). The van der Waals surface area contributed by atoms with E-state index in [4.69, 9.17) is 0 Å². The van der Waals surface area contributed by atoms with Crippen molar-refractivity contribution < 1.29 is 0 Å². The minimum absolute atomic E-state index is 0.345. The van der Waals surface area contributed by atoms with E-state index in [1.807, 2.05) is 7.05 Å². The Hall–Kier alpha value is -1.68. The Morgan fingerprint density at radius 1 is 1.15 bits per heavy atom. The van der Waals surface area contributed by atoms with Gasteiger partial charge in [0, 0.05) is 26.1 Å². The molecule has 2 aromatic rings. The summed E-state index contributed by atoms with van der Waals surface area (Å²) in [6.45, 7) is 9.61. The second-order valence-electron chi connectivity index (χ2n) is 5.55. The molecule has 1 atom stereocenters. The molecule has 0 aliphatic rings. The molecule has 0 aliphatic heterocycles. The lowest BCUT2D eigenvalue weighted by Gasteiger charge is -2.18. The van der Waals surface area contributed by atoms with Crippen LogP contribution in [0.1, 0.15) is 41.0 Å². The Morgan fingerprint density at radius 2 is 1.85 bits per heavy atom. The van der Waals surface area contributed by atoms with Crippen molar-refractivity contribution in [1.29, 1.82) is 0 Å². The smallest absolute Gasteiger partial charge is 0.151 e. The van der Waals surface area contributed by atoms with Gasteiger partial charge in [0.05, 0.1) is 0 Å². The SMILES string of the molecule is Cc1cc(C)c(C(C)NCCc2ncn(C)n2)cc1C. The maximum absolute atomic E-state index is 4.29. The monoisotopic (exact) mass is 272 g/mol. The molecule has 0 amide bonds. The third-order valence-electron chi connectivity index (χ3n) is 3.80. The normalized spacial score (nSPS) is 12.7. The summed E-state index contributed by atoms with van der Waals surface area (Å²) in [6, 6.07) is 4.91. The molecule has 0 saturated heterocycles. The van der Waals surface area contributed by atoms with Crippen molar-refractivity contribution in [2.75, 3.05) is 6.54 Å². The zero-order chi connectivity index (χ0) is 14.7. The first-order chi connectivity index (χ1) is 9.47. The molecule has 4 heteroatoms. The van der Waals surface area contributed by atoms with Gasteiger partial charge in [0.1, 0.15) is 6.33 Å². The zero-order valence-electron chi connectivity index (χ0n) is 13.1. The summed E-state index contributed by atoms with van der Waals surface area (Å²) in [6.07, 6.45) is 2.60. The first kappa shape index (κ1) is 14.7. The molecule has 0 spiro atoms. The van der Waals surface area contributed by atoms with Crippen LogP contribution in [0.15, 0.2) is 18.5 Å². The van der Waals surface area contributed by atoms with Gasteiger partial charge in [-0.25, -0.2) is 4.98 Å². The minimum Gasteiger partial charge on any atom is -0.310 e. The van der Waals surface area contributed by atoms with Crippen LogP contribution in [0, 0.1) is 20.8 Å². The molecule has 4 nitrogen and oxygen atoms in total. The number of nitrogens with zero attached hydrogens (tertiary/aromatic N) is 3. The molecule has 0 saturated carbocycles. The topological polar surface area (TPSA) is 42.7 Å². The van der Waals surface area contributed by atoms with Crippen molar-refractivity contribution in [2.24, 2.45) is 7.05 Å². The number of hydrogen-bond donors (Lipinski definition) is 1. The van der Waals surface area contributed by atoms with Gasteiger partial charge in [0.15, 0.2) is 5.82 Å². The largest absolute Gasteiger partial charge is 0.310 e. The highest BCUT2D eigenvalue weighted by Crippen LogP contribution is 2.21. The second kappa shape index (κ2) is 6.18. The molecule has 1 aromatic heterocycles. The number of rotatable bonds is 5. The van der Waals surface area contributed by atoms with E-state index in [1.165, 1.54) is 22.3 Å². The molecule has 1 unspecified atom stereocenters. The van der Waals surface area contributed by atoms with Gasteiger partial charge < -0.3 is 5.32 Å². The van der Waals surface area contributed by atoms with Crippen LogP contribution in [0.3, 0.4) is 0 Å². The van der Waals surface area contributed by atoms with Gasteiger partial charge >= 0.3 is 0 Å². The first-order valence-electron chi connectivity index (χ1n) is 7.13. The van der Waals surface area contributed by atoms with Crippen LogP contribution in [-0.4, -0.2) is 21.3 Å². The lowest BCUT2D eigenvalue weighted by atomic mass is 9.96. The van der Waals surface area contributed by atoms with Gasteiger partial charge in [-0.05, 0) is 49.9 Å². The summed E-state index contributed by atoms with van der Waals surface area (Å²) in [5.74, 6) is 0.893. The van der Waals surface area contributed by atoms with Gasteiger partial charge in [-0.3, -0.25) is 4.68 Å². The number of aromatic nitrogens is 3. The fourth-order valence-electron chi connectivity index (χ4n) is 2.46. The summed E-state index contributed by atoms with van der Waals surface area (Å²) >= 11 is 0. The van der Waals surface area contributed by atoms with Gasteiger partial charge in [-0.1, -0.05) is 12.1 Å². The quantitative estimate of drug-likeness (QED) is 0.910. The van der Waals surface area contributed by atoms with Gasteiger partial charge in [-0.2, -0.15) is 5.10 Å². The van der Waals surface area contributed by atoms with Crippen molar-refractivity contribution in [3.63, 3.8) is 0 Å². The summed E-state index contributed by atoms with van der Waals surface area (Å²) in [5, 5.41) is 7.84. The number of nitrogens with one attached hydrogen (secondary N) is 1. The van der Waals surface area contributed by atoms with E-state index in [0.717, 1.165) is 18.8 Å². The van der Waals surface area contributed by atoms with Gasteiger partial charge in [0.2, 0.25) is 0 Å². The fourth-order valence-corrected chi connectivity index (χ4v) is 2.46. The van der Waals surface area contributed by atoms with E-state index in [0.29, 0.717) is 6.04 Å². The van der Waals surface area contributed by atoms with Crippen LogP contribution in [0.2, 0.25) is 0 Å². The second-order valence-corrected chi connectivity index (χ2v) is 5.55. The number of aryl methyl sites for hydroxylation is 4. The Morgan fingerprint density at radius 3 is 2.50 bits per heavy atom. The van der Waals surface area contributed by atoms with Crippen molar-refractivity contribution in [2.45, 2.75) is 40.2 Å². The molecule has 0 bridgehead atoms. The average Bonchev–Trinajstić information content (AvgIpc) is 2.79. The fraction of sp³-hybridized carbons (Fsp3) is 0.500. The minimum atomic E-state index is 0.345. The molecule has 0 radical (unpaired) electrons. The molecule has 0 aliphatic carbocycles. The standard InChI is InChI=1S/C16H24N4/c1-11-8-13(3)15(9-12(11)2)14(4)17-7-6-16-18-10-20(5)19-16/h8-10,14,17H,6-7H2,1-5H3. The highest BCUT2D eigenvalue weighted by molar-refractivity contribution is 5.37. The average molecular weight is 272 g/mol. The Labute approximate surface area is 121 Å². The molecule has 1 N–H and O–H groups in total. The summed E-state index contributed by atoms with van der Waals surface area (Å²) in [4.78, 5) is 4.24. The molecule has 20 heavy (non-hydrogen) atoms. The third kappa shape index (κ3) is 3.45. The van der Waals surface area contributed by atoms with E-state index in [-0.39, 0.29) is 0 Å². The summed E-state index contributed by atoms with van der Waals surface area (Å²) in [5.41, 5.74) is 5.44. The van der Waals surface area contributed by atoms with E-state index in [1.54, 1.807) is 11.0 Å². The van der Waals surface area contributed by atoms with Crippen LogP contribution in [0.4, 0.5) is 0 Å². The van der Waals surface area contributed by atoms with Crippen LogP contribution < -0.4 is 5.32 Å². The third-order valence-corrected chi connectivity index (χ3v) is 3.80. The van der Waals surface area contributed by atoms with E-state index in [9.17, 15) is 0 Å². The highest BCUT2D eigenvalue weighted by atomic mass is 15.3. The predicted molar refractivity (Wildman–Crippen MR) is 81.8 cm³/mol. The van der Waals surface area contributed by atoms with Gasteiger partial charge in [0.25, 0.3) is 0 Å². The maximum atomic E-state index is 4.29. The van der Waals surface area contributed by atoms with Crippen molar-refractivity contribution in [1.82, 2.24) is 20.1 Å². The van der Waals surface area contributed by atoms with E-state index >= 15 is 0 Å². The van der Waals surface area contributed by atoms with Crippen LogP contribution in [0.25, 0.3) is 0 Å². The van der Waals surface area contributed by atoms with Crippen molar-refractivity contribution in [3.8, 4) is 0 Å². The lowest BCUT2D eigenvalue weighted by Crippen LogP contribution is -2.22. The summed E-state index contributed by atoms with van der Waals surface area (Å²) in [7, 11) is 1.89. The molecule has 1 heterocycles. The molecule has 0 fully saturated rings. The van der Waals surface area contributed by atoms with Crippen LogP contribution in [0.5, 0.6) is 0 Å². The Kier molecular flexibility index (Phi) is 4.55. The van der Waals surface area contributed by atoms with E-state index in [2.05, 4.69) is 55.2 Å². The van der Waals surface area contributed by atoms with E-state index < -0.39 is 0 Å². The van der Waals surface area contributed by atoms with Crippen LogP contribution >= 0.6 is 0 Å². The molecule has 1 aromatic carbocycles. The lowest BCUT2D eigenvalue weighted by molar-refractivity contribution is 0.566. The molecular formula is C16H24N4. The summed E-state index contributed by atoms with van der Waals surface area (Å²) < 4.78 is 1.74. The highest BCUT2D eigenvalue weighted by Gasteiger charge is 2.10. The number of benzene rings is 1. The molecular weight excluding hydrogens is 248 g/mol. The maximum Gasteiger partial charge on any atom is 0.151 e. The Balaban J connectivity index is 1.95. The number of hydrogen-bond acceptors (Lipinski definition) is 3. The Bertz CT molecular complexity index is 586. The van der Waals surface area contributed by atoms with Crippen molar-refractivity contribution >= 4 is 0 Å². The van der Waals surface area contributed by atoms with Crippen LogP contribution in [-0.2, 0) is 13.5 Å². The van der Waals surface area contributed by atoms with Crippen molar-refractivity contribution in [3.05, 3.63) is 46.5 Å². The zero-order valence-corrected chi connectivity index (χ0v) is 13.1. The molecule has 108 valence electrons. The van der Waals surface area contributed by atoms with Gasteiger partial charge in [-0.15, -0.1) is 0 Å². The predicted octanol–water partition coefficient (Wildman–Crippen LogP) is 2.63.